The van der Waals surface area contributed by atoms with Gasteiger partial charge < -0.3 is 14.7 Å². The first kappa shape index (κ1) is 17.9. The van der Waals surface area contributed by atoms with Gasteiger partial charge in [0.05, 0.1) is 5.54 Å². The molecule has 2 aromatic rings. The molecular formula is C13H19ClN4O4S. The highest BCUT2D eigenvalue weighted by Crippen LogP contribution is 2.35. The summed E-state index contributed by atoms with van der Waals surface area (Å²) in [5.41, 5.74) is 5.71. The van der Waals surface area contributed by atoms with Crippen LogP contribution < -0.4 is 5.73 Å². The van der Waals surface area contributed by atoms with E-state index in [0.29, 0.717) is 5.82 Å². The second-order valence-corrected chi connectivity index (χ2v) is 7.78. The minimum absolute atomic E-state index is 0. The predicted molar refractivity (Wildman–Crippen MR) is 84.5 cm³/mol. The van der Waals surface area contributed by atoms with Crippen LogP contribution in [0, 0.1) is 0 Å². The predicted octanol–water partition coefficient (Wildman–Crippen LogP) is 1.73. The van der Waals surface area contributed by atoms with Crippen LogP contribution >= 0.6 is 12.4 Å². The van der Waals surface area contributed by atoms with E-state index in [4.69, 9.17) is 14.7 Å². The fourth-order valence-corrected chi connectivity index (χ4v) is 3.30. The van der Waals surface area contributed by atoms with Crippen LogP contribution in [-0.2, 0) is 15.6 Å². The summed E-state index contributed by atoms with van der Waals surface area (Å²) in [7, 11) is -0.771. The van der Waals surface area contributed by atoms with Crippen LogP contribution in [-0.4, -0.2) is 37.0 Å². The van der Waals surface area contributed by atoms with Crippen LogP contribution in [0.2, 0.25) is 0 Å². The van der Waals surface area contributed by atoms with E-state index in [1.54, 1.807) is 0 Å². The molecule has 0 spiro atoms. The second-order valence-electron chi connectivity index (χ2n) is 5.69. The van der Waals surface area contributed by atoms with Gasteiger partial charge in [0.1, 0.15) is 0 Å². The van der Waals surface area contributed by atoms with E-state index >= 15 is 0 Å². The molecule has 1 aliphatic rings. The van der Waals surface area contributed by atoms with Crippen molar-refractivity contribution in [3.05, 3.63) is 18.0 Å². The zero-order valence-corrected chi connectivity index (χ0v) is 14.5. The first-order valence-corrected chi connectivity index (χ1v) is 8.43. The quantitative estimate of drug-likeness (QED) is 0.880. The third-order valence-electron chi connectivity index (χ3n) is 3.89. The third kappa shape index (κ3) is 3.14. The lowest BCUT2D eigenvalue weighted by Gasteiger charge is -2.17. The molecule has 1 aliphatic carbocycles. The molecule has 2 N–H and O–H groups in total. The molecule has 0 aliphatic heterocycles. The van der Waals surface area contributed by atoms with Crippen molar-refractivity contribution in [1.82, 2.24) is 14.4 Å². The van der Waals surface area contributed by atoms with Gasteiger partial charge >= 0.3 is 0 Å². The Balaban J connectivity index is 0.00000192. The van der Waals surface area contributed by atoms with Gasteiger partial charge in [0.25, 0.3) is 15.9 Å². The van der Waals surface area contributed by atoms with E-state index in [0.717, 1.165) is 30.0 Å². The molecule has 0 amide bonds. The minimum atomic E-state index is -3.63. The molecule has 2 heterocycles. The van der Waals surface area contributed by atoms with Crippen LogP contribution in [0.1, 0.15) is 31.5 Å². The highest BCUT2D eigenvalue weighted by molar-refractivity contribution is 7.88. The number of nitrogens with zero attached hydrogens (tertiary/aromatic N) is 3. The molecule has 0 bridgehead atoms. The summed E-state index contributed by atoms with van der Waals surface area (Å²) in [5.74, 6) is 0.779. The Morgan fingerprint density at radius 3 is 2.52 bits per heavy atom. The van der Waals surface area contributed by atoms with E-state index in [9.17, 15) is 8.42 Å². The van der Waals surface area contributed by atoms with Gasteiger partial charge in [-0.2, -0.15) is 4.98 Å². The number of rotatable bonds is 4. The monoisotopic (exact) mass is 362 g/mol. The van der Waals surface area contributed by atoms with Crippen molar-refractivity contribution in [1.29, 1.82) is 0 Å². The molecule has 0 radical (unpaired) electrons. The maximum Gasteiger partial charge on any atom is 0.293 e. The molecule has 23 heavy (non-hydrogen) atoms. The third-order valence-corrected chi connectivity index (χ3v) is 5.58. The van der Waals surface area contributed by atoms with E-state index in [1.807, 2.05) is 0 Å². The first-order chi connectivity index (χ1) is 10.3. The molecule has 2 aromatic heterocycles. The molecule has 128 valence electrons. The van der Waals surface area contributed by atoms with Crippen molar-refractivity contribution in [3.8, 4) is 11.7 Å². The van der Waals surface area contributed by atoms with Crippen molar-refractivity contribution < 1.29 is 17.4 Å². The first-order valence-electron chi connectivity index (χ1n) is 6.99. The van der Waals surface area contributed by atoms with E-state index < -0.39 is 15.6 Å². The number of nitrogens with two attached hydrogens (primary N) is 1. The Kier molecular flexibility index (Phi) is 4.86. The van der Waals surface area contributed by atoms with Crippen LogP contribution in [0.5, 0.6) is 0 Å². The lowest BCUT2D eigenvalue weighted by Crippen LogP contribution is -2.34. The SMILES string of the molecule is CN(C)S(=O)(=O)c1ccc(-c2nc(C3(N)CCCC3)no2)o1.Cl. The van der Waals surface area contributed by atoms with Crippen molar-refractivity contribution in [2.75, 3.05) is 14.1 Å². The number of sulfonamides is 1. The summed E-state index contributed by atoms with van der Waals surface area (Å²) in [5, 5.41) is 3.75. The van der Waals surface area contributed by atoms with E-state index in [2.05, 4.69) is 10.1 Å². The highest BCUT2D eigenvalue weighted by Gasteiger charge is 2.36. The number of hydrogen-bond donors (Lipinski definition) is 1. The zero-order valence-electron chi connectivity index (χ0n) is 12.9. The largest absolute Gasteiger partial charge is 0.438 e. The van der Waals surface area contributed by atoms with Gasteiger partial charge in [0.15, 0.2) is 11.6 Å². The number of aromatic nitrogens is 2. The van der Waals surface area contributed by atoms with Crippen LogP contribution in [0.3, 0.4) is 0 Å². The zero-order chi connectivity index (χ0) is 16.0. The summed E-state index contributed by atoms with van der Waals surface area (Å²) < 4.78 is 35.6. The standard InChI is InChI=1S/C13H18N4O4S.ClH/c1-17(2)22(18,19)10-6-5-9(20-10)11-15-12(16-21-11)13(14)7-3-4-8-13;/h5-6H,3-4,7-8,14H2,1-2H3;1H. The van der Waals surface area contributed by atoms with Gasteiger partial charge in [-0.15, -0.1) is 12.4 Å². The second kappa shape index (κ2) is 6.23. The summed E-state index contributed by atoms with van der Waals surface area (Å²) in [6.07, 6.45) is 3.69. The van der Waals surface area contributed by atoms with Gasteiger partial charge in [-0.05, 0) is 25.0 Å². The number of halogens is 1. The van der Waals surface area contributed by atoms with Gasteiger partial charge in [-0.3, -0.25) is 0 Å². The lowest BCUT2D eigenvalue weighted by molar-refractivity contribution is 0.363. The Morgan fingerprint density at radius 1 is 1.26 bits per heavy atom. The van der Waals surface area contributed by atoms with E-state index in [1.165, 1.54) is 26.2 Å². The van der Waals surface area contributed by atoms with Crippen LogP contribution in [0.25, 0.3) is 11.7 Å². The average molecular weight is 363 g/mol. The molecular weight excluding hydrogens is 344 g/mol. The van der Waals surface area contributed by atoms with Crippen LogP contribution in [0.4, 0.5) is 0 Å². The molecule has 0 unspecified atom stereocenters. The maximum atomic E-state index is 12.0. The molecule has 0 saturated heterocycles. The Bertz CT molecular complexity index is 778. The molecule has 0 aromatic carbocycles. The fourth-order valence-electron chi connectivity index (χ4n) is 2.51. The Hall–Kier alpha value is -1.42. The molecule has 3 rings (SSSR count). The number of furan rings is 1. The molecule has 1 fully saturated rings. The van der Waals surface area contributed by atoms with Crippen molar-refractivity contribution >= 4 is 22.4 Å². The minimum Gasteiger partial charge on any atom is -0.438 e. The number of hydrogen-bond acceptors (Lipinski definition) is 7. The summed E-state index contributed by atoms with van der Waals surface area (Å²) in [6.45, 7) is 0. The fraction of sp³-hybridized carbons (Fsp3) is 0.538. The van der Waals surface area contributed by atoms with Gasteiger partial charge in [0.2, 0.25) is 5.09 Å². The van der Waals surface area contributed by atoms with Gasteiger partial charge in [0, 0.05) is 14.1 Å². The highest BCUT2D eigenvalue weighted by atomic mass is 35.5. The lowest BCUT2D eigenvalue weighted by atomic mass is 9.99. The molecule has 10 heteroatoms. The maximum absolute atomic E-state index is 12.0. The molecule has 0 atom stereocenters. The average Bonchev–Trinajstić information content (AvgIpc) is 3.18. The van der Waals surface area contributed by atoms with Crippen molar-refractivity contribution in [2.45, 2.75) is 36.3 Å². The Morgan fingerprint density at radius 2 is 1.91 bits per heavy atom. The summed E-state index contributed by atoms with van der Waals surface area (Å²) in [6, 6.07) is 2.85. The summed E-state index contributed by atoms with van der Waals surface area (Å²) in [4.78, 5) is 4.27. The van der Waals surface area contributed by atoms with Gasteiger partial charge in [-0.1, -0.05) is 18.0 Å². The van der Waals surface area contributed by atoms with Crippen molar-refractivity contribution in [2.24, 2.45) is 5.73 Å². The molecule has 1 saturated carbocycles. The topological polar surface area (TPSA) is 115 Å². The summed E-state index contributed by atoms with van der Waals surface area (Å²) >= 11 is 0. The van der Waals surface area contributed by atoms with Crippen LogP contribution in [0.15, 0.2) is 26.2 Å². The Labute approximate surface area is 140 Å². The molecule has 8 nitrogen and oxygen atoms in total. The van der Waals surface area contributed by atoms with Crippen molar-refractivity contribution in [3.63, 3.8) is 0 Å². The smallest absolute Gasteiger partial charge is 0.293 e. The van der Waals surface area contributed by atoms with E-state index in [-0.39, 0.29) is 29.2 Å². The van der Waals surface area contributed by atoms with Gasteiger partial charge in [-0.25, -0.2) is 12.7 Å². The normalized spacial score (nSPS) is 17.4.